The van der Waals surface area contributed by atoms with Crippen molar-refractivity contribution >= 4 is 5.78 Å². The Morgan fingerprint density at radius 3 is 2.80 bits per heavy atom. The molecule has 1 aromatic carbocycles. The van der Waals surface area contributed by atoms with E-state index in [1.165, 1.54) is 0 Å². The van der Waals surface area contributed by atoms with E-state index in [1.54, 1.807) is 10.9 Å². The first-order valence-electron chi connectivity index (χ1n) is 4.95. The van der Waals surface area contributed by atoms with Gasteiger partial charge in [0.15, 0.2) is 5.78 Å². The van der Waals surface area contributed by atoms with Crippen molar-refractivity contribution < 1.29 is 4.79 Å². The van der Waals surface area contributed by atoms with Gasteiger partial charge < -0.3 is 0 Å². The number of rotatable bonds is 3. The van der Waals surface area contributed by atoms with Gasteiger partial charge in [-0.3, -0.25) is 4.79 Å². The van der Waals surface area contributed by atoms with Crippen molar-refractivity contribution in [3.63, 3.8) is 0 Å². The number of ketones is 1. The molecule has 0 unspecified atom stereocenters. The Balaban J connectivity index is 2.52. The molecule has 3 heteroatoms. The third-order valence-corrected chi connectivity index (χ3v) is 2.28. The maximum absolute atomic E-state index is 11.7. The summed E-state index contributed by atoms with van der Waals surface area (Å²) in [7, 11) is 0. The number of aromatic nitrogens is 2. The molecule has 0 N–H and O–H groups in total. The molecular formula is C12H12N2O. The van der Waals surface area contributed by atoms with Gasteiger partial charge in [-0.05, 0) is 18.2 Å². The SMILES string of the molecule is CCC(=O)c1ccccc1-n1cccn1. The summed E-state index contributed by atoms with van der Waals surface area (Å²) in [6.45, 7) is 1.86. The summed E-state index contributed by atoms with van der Waals surface area (Å²) in [4.78, 5) is 11.7. The van der Waals surface area contributed by atoms with E-state index in [0.717, 1.165) is 11.3 Å². The van der Waals surface area contributed by atoms with Gasteiger partial charge in [0.2, 0.25) is 0 Å². The Bertz CT molecular complexity index is 460. The lowest BCUT2D eigenvalue weighted by atomic mass is 10.1. The molecule has 0 saturated carbocycles. The Morgan fingerprint density at radius 2 is 2.13 bits per heavy atom. The number of hydrogen-bond acceptors (Lipinski definition) is 2. The molecule has 2 aromatic rings. The highest BCUT2D eigenvalue weighted by molar-refractivity contribution is 5.99. The lowest BCUT2D eigenvalue weighted by Crippen LogP contribution is -2.05. The second-order valence-corrected chi connectivity index (χ2v) is 3.24. The largest absolute Gasteiger partial charge is 0.294 e. The van der Waals surface area contributed by atoms with E-state index >= 15 is 0 Å². The number of carbonyl (C=O) groups excluding carboxylic acids is 1. The molecule has 2 rings (SSSR count). The van der Waals surface area contributed by atoms with Gasteiger partial charge in [-0.2, -0.15) is 5.10 Å². The van der Waals surface area contributed by atoms with E-state index in [0.29, 0.717) is 6.42 Å². The minimum Gasteiger partial charge on any atom is -0.294 e. The first-order valence-corrected chi connectivity index (χ1v) is 4.95. The van der Waals surface area contributed by atoms with Crippen LogP contribution in [0.25, 0.3) is 5.69 Å². The van der Waals surface area contributed by atoms with Gasteiger partial charge in [0.25, 0.3) is 0 Å². The number of nitrogens with zero attached hydrogens (tertiary/aromatic N) is 2. The van der Waals surface area contributed by atoms with Crippen LogP contribution in [0, 0.1) is 0 Å². The van der Waals surface area contributed by atoms with Crippen molar-refractivity contribution in [1.29, 1.82) is 0 Å². The van der Waals surface area contributed by atoms with E-state index in [9.17, 15) is 4.79 Å². The van der Waals surface area contributed by atoms with Crippen molar-refractivity contribution in [2.75, 3.05) is 0 Å². The van der Waals surface area contributed by atoms with E-state index in [-0.39, 0.29) is 5.78 Å². The zero-order chi connectivity index (χ0) is 10.7. The predicted molar refractivity (Wildman–Crippen MR) is 58.2 cm³/mol. The number of para-hydroxylation sites is 1. The van der Waals surface area contributed by atoms with E-state index < -0.39 is 0 Å². The Morgan fingerprint density at radius 1 is 1.33 bits per heavy atom. The molecule has 3 nitrogen and oxygen atoms in total. The van der Waals surface area contributed by atoms with Crippen LogP contribution in [-0.2, 0) is 0 Å². The van der Waals surface area contributed by atoms with Crippen molar-refractivity contribution in [2.45, 2.75) is 13.3 Å². The summed E-state index contributed by atoms with van der Waals surface area (Å²) in [5.74, 6) is 0.140. The maximum Gasteiger partial charge on any atom is 0.164 e. The molecule has 76 valence electrons. The molecule has 15 heavy (non-hydrogen) atoms. The minimum atomic E-state index is 0.140. The lowest BCUT2D eigenvalue weighted by Gasteiger charge is -2.06. The highest BCUT2D eigenvalue weighted by Gasteiger charge is 2.09. The molecule has 0 radical (unpaired) electrons. The summed E-state index contributed by atoms with van der Waals surface area (Å²) in [5.41, 5.74) is 1.57. The van der Waals surface area contributed by atoms with Crippen molar-refractivity contribution in [3.05, 3.63) is 48.3 Å². The highest BCUT2D eigenvalue weighted by Crippen LogP contribution is 2.14. The summed E-state index contributed by atoms with van der Waals surface area (Å²) < 4.78 is 1.71. The zero-order valence-electron chi connectivity index (χ0n) is 8.55. The molecule has 0 spiro atoms. The Hall–Kier alpha value is -1.90. The van der Waals surface area contributed by atoms with Crippen LogP contribution in [0.5, 0.6) is 0 Å². The molecule has 0 saturated heterocycles. The predicted octanol–water partition coefficient (Wildman–Crippen LogP) is 2.47. The normalized spacial score (nSPS) is 10.2. The summed E-state index contributed by atoms with van der Waals surface area (Å²) in [5, 5.41) is 4.13. The van der Waals surface area contributed by atoms with Crippen LogP contribution in [0.4, 0.5) is 0 Å². The third-order valence-electron chi connectivity index (χ3n) is 2.28. The van der Waals surface area contributed by atoms with E-state index in [1.807, 2.05) is 43.5 Å². The monoisotopic (exact) mass is 200 g/mol. The molecule has 0 amide bonds. The topological polar surface area (TPSA) is 34.9 Å². The van der Waals surface area contributed by atoms with Gasteiger partial charge in [0, 0.05) is 24.4 Å². The lowest BCUT2D eigenvalue weighted by molar-refractivity contribution is 0.0988. The summed E-state index contributed by atoms with van der Waals surface area (Å²) in [6.07, 6.45) is 4.05. The van der Waals surface area contributed by atoms with Crippen LogP contribution in [-0.4, -0.2) is 15.6 Å². The maximum atomic E-state index is 11.7. The molecule has 0 aliphatic carbocycles. The second-order valence-electron chi connectivity index (χ2n) is 3.24. The van der Waals surface area contributed by atoms with Gasteiger partial charge in [0.1, 0.15) is 0 Å². The van der Waals surface area contributed by atoms with Crippen LogP contribution < -0.4 is 0 Å². The number of benzene rings is 1. The molecule has 1 aromatic heterocycles. The van der Waals surface area contributed by atoms with Crippen LogP contribution in [0.1, 0.15) is 23.7 Å². The average molecular weight is 200 g/mol. The fourth-order valence-electron chi connectivity index (χ4n) is 1.51. The van der Waals surface area contributed by atoms with Crippen LogP contribution in [0.3, 0.4) is 0 Å². The molecule has 0 atom stereocenters. The standard InChI is InChI=1S/C12H12N2O/c1-2-12(15)10-6-3-4-7-11(10)14-9-5-8-13-14/h3-9H,2H2,1H3. The van der Waals surface area contributed by atoms with E-state index in [2.05, 4.69) is 5.10 Å². The summed E-state index contributed by atoms with van der Waals surface area (Å²) in [6, 6.07) is 9.35. The fraction of sp³-hybridized carbons (Fsp3) is 0.167. The highest BCUT2D eigenvalue weighted by atomic mass is 16.1. The van der Waals surface area contributed by atoms with E-state index in [4.69, 9.17) is 0 Å². The third kappa shape index (κ3) is 1.81. The van der Waals surface area contributed by atoms with Crippen molar-refractivity contribution in [1.82, 2.24) is 9.78 Å². The van der Waals surface area contributed by atoms with Gasteiger partial charge in [-0.1, -0.05) is 19.1 Å². The van der Waals surface area contributed by atoms with Crippen molar-refractivity contribution in [2.24, 2.45) is 0 Å². The fourth-order valence-corrected chi connectivity index (χ4v) is 1.51. The minimum absolute atomic E-state index is 0.140. The first kappa shape index (κ1) is 9.65. The quantitative estimate of drug-likeness (QED) is 0.713. The first-order chi connectivity index (χ1) is 7.33. The molecule has 0 aliphatic heterocycles. The van der Waals surface area contributed by atoms with Gasteiger partial charge in [0.05, 0.1) is 5.69 Å². The summed E-state index contributed by atoms with van der Waals surface area (Å²) >= 11 is 0. The molecule has 0 fully saturated rings. The molecule has 0 aliphatic rings. The Kier molecular flexibility index (Phi) is 2.63. The average Bonchev–Trinajstić information content (AvgIpc) is 2.81. The van der Waals surface area contributed by atoms with Gasteiger partial charge in [-0.15, -0.1) is 0 Å². The zero-order valence-corrected chi connectivity index (χ0v) is 8.55. The number of carbonyl (C=O) groups is 1. The van der Waals surface area contributed by atoms with Gasteiger partial charge >= 0.3 is 0 Å². The Labute approximate surface area is 88.4 Å². The smallest absolute Gasteiger partial charge is 0.164 e. The molecule has 1 heterocycles. The van der Waals surface area contributed by atoms with Crippen LogP contribution in [0.2, 0.25) is 0 Å². The van der Waals surface area contributed by atoms with Crippen LogP contribution >= 0.6 is 0 Å². The molecular weight excluding hydrogens is 188 g/mol. The van der Waals surface area contributed by atoms with Crippen molar-refractivity contribution in [3.8, 4) is 5.69 Å². The number of hydrogen-bond donors (Lipinski definition) is 0. The second kappa shape index (κ2) is 4.09. The number of Topliss-reactive ketones (excluding diaryl/α,β-unsaturated/α-hetero) is 1. The van der Waals surface area contributed by atoms with Gasteiger partial charge in [-0.25, -0.2) is 4.68 Å². The van der Waals surface area contributed by atoms with Crippen LogP contribution in [0.15, 0.2) is 42.7 Å². The molecule has 0 bridgehead atoms.